The second kappa shape index (κ2) is 4.05. The van der Waals surface area contributed by atoms with Crippen molar-refractivity contribution in [1.29, 1.82) is 0 Å². The third-order valence-corrected chi connectivity index (χ3v) is 2.00. The summed E-state index contributed by atoms with van der Waals surface area (Å²) in [7, 11) is 0. The van der Waals surface area contributed by atoms with E-state index in [9.17, 15) is 0 Å². The molecule has 0 aromatic heterocycles. The zero-order valence-corrected chi connectivity index (χ0v) is 6.05. The minimum absolute atomic E-state index is 0.987. The molecule has 0 heterocycles. The van der Waals surface area contributed by atoms with Crippen LogP contribution < -0.4 is 0 Å². The third-order valence-electron chi connectivity index (χ3n) is 0.358. The highest BCUT2D eigenvalue weighted by Gasteiger charge is 1.71. The predicted octanol–water partition coefficient (Wildman–Crippen LogP) is 2.72. The molecular weight excluding hydrogens is 138 g/mol. The molecule has 0 saturated heterocycles. The maximum Gasteiger partial charge on any atom is 0.0462 e. The highest BCUT2D eigenvalue weighted by molar-refractivity contribution is 8.02. The largest absolute Gasteiger partial charge is 0.0843 e. The minimum atomic E-state index is -1.07. The first-order valence-corrected chi connectivity index (χ1v) is 5.38. The van der Waals surface area contributed by atoms with Gasteiger partial charge in [0, 0.05) is 6.25 Å². The van der Waals surface area contributed by atoms with Gasteiger partial charge in [-0.3, -0.25) is 0 Å². The average molecular weight is 145 g/mol. The summed E-state index contributed by atoms with van der Waals surface area (Å²) in [5.74, 6) is 1.92. The molecular formula is C3H7Cl2P. The van der Waals surface area contributed by atoms with Crippen LogP contribution in [0.15, 0.2) is 0 Å². The summed E-state index contributed by atoms with van der Waals surface area (Å²) in [6.07, 6.45) is -0.0787. The molecule has 0 amide bonds. The molecule has 0 aromatic rings. The molecule has 6 heavy (non-hydrogen) atoms. The van der Waals surface area contributed by atoms with Gasteiger partial charge in [-0.05, 0) is 6.42 Å². The van der Waals surface area contributed by atoms with Gasteiger partial charge in [-0.15, -0.1) is 0 Å². The van der Waals surface area contributed by atoms with Crippen LogP contribution in [-0.4, -0.2) is 5.80 Å². The lowest BCUT2D eigenvalue weighted by atomic mass is 10.6. The van der Waals surface area contributed by atoms with Crippen molar-refractivity contribution in [1.82, 2.24) is 0 Å². The summed E-state index contributed by atoms with van der Waals surface area (Å²) < 4.78 is 0. The van der Waals surface area contributed by atoms with Crippen LogP contribution in [0.5, 0.6) is 0 Å². The molecule has 0 atom stereocenters. The van der Waals surface area contributed by atoms with Crippen LogP contribution in [0.1, 0.15) is 13.3 Å². The predicted molar refractivity (Wildman–Crippen MR) is 36.4 cm³/mol. The fraction of sp³-hybridized carbons (Fsp3) is 0.667. The van der Waals surface area contributed by atoms with E-state index in [0.29, 0.717) is 0 Å². The Morgan fingerprint density at radius 1 is 1.67 bits per heavy atom. The van der Waals surface area contributed by atoms with Crippen LogP contribution in [0.25, 0.3) is 0 Å². The number of hydrogen-bond acceptors (Lipinski definition) is 0. The lowest BCUT2D eigenvalue weighted by Gasteiger charge is -1.76. The Morgan fingerprint density at radius 2 is 2.17 bits per heavy atom. The Labute approximate surface area is 48.4 Å². The van der Waals surface area contributed by atoms with E-state index in [2.05, 4.69) is 0 Å². The maximum absolute atomic E-state index is 5.39. The van der Waals surface area contributed by atoms with Gasteiger partial charge in [-0.2, -0.15) is 0 Å². The van der Waals surface area contributed by atoms with Crippen molar-refractivity contribution in [2.45, 2.75) is 13.3 Å². The lowest BCUT2D eigenvalue weighted by molar-refractivity contribution is 1.35. The van der Waals surface area contributed by atoms with Crippen molar-refractivity contribution >= 4 is 34.5 Å². The summed E-state index contributed by atoms with van der Waals surface area (Å²) in [4.78, 5) is 0. The van der Waals surface area contributed by atoms with Gasteiger partial charge < -0.3 is 0 Å². The highest BCUT2D eigenvalue weighted by atomic mass is 35.9. The van der Waals surface area contributed by atoms with E-state index in [0.717, 1.165) is 6.42 Å². The van der Waals surface area contributed by atoms with Crippen molar-refractivity contribution in [3.05, 3.63) is 0 Å². The number of hydrogen-bond donors (Lipinski definition) is 0. The van der Waals surface area contributed by atoms with Crippen molar-refractivity contribution in [2.75, 3.05) is 0 Å². The summed E-state index contributed by atoms with van der Waals surface area (Å²) in [5, 5.41) is 0. The van der Waals surface area contributed by atoms with Crippen LogP contribution >= 0.6 is 28.7 Å². The molecule has 0 aliphatic heterocycles. The summed E-state index contributed by atoms with van der Waals surface area (Å²) in [6, 6.07) is 0. The van der Waals surface area contributed by atoms with E-state index in [4.69, 9.17) is 22.5 Å². The van der Waals surface area contributed by atoms with Crippen molar-refractivity contribution in [3.8, 4) is 0 Å². The zero-order valence-electron chi connectivity index (χ0n) is 3.54. The summed E-state index contributed by atoms with van der Waals surface area (Å²) in [5.41, 5.74) is 0. The first-order valence-electron chi connectivity index (χ1n) is 1.78. The van der Waals surface area contributed by atoms with E-state index in [1.54, 1.807) is 0 Å². The van der Waals surface area contributed by atoms with Gasteiger partial charge in [-0.1, -0.05) is 35.2 Å². The number of halogens is 2. The molecule has 0 spiro atoms. The molecule has 0 saturated carbocycles. The van der Waals surface area contributed by atoms with Crippen LogP contribution in [0.3, 0.4) is 0 Å². The van der Waals surface area contributed by atoms with E-state index in [-0.39, 0.29) is 0 Å². The van der Waals surface area contributed by atoms with E-state index >= 15 is 0 Å². The molecule has 0 fully saturated rings. The van der Waals surface area contributed by atoms with Crippen molar-refractivity contribution in [2.24, 2.45) is 0 Å². The van der Waals surface area contributed by atoms with Gasteiger partial charge in [-0.25, -0.2) is 0 Å². The molecule has 0 radical (unpaired) electrons. The zero-order chi connectivity index (χ0) is 4.99. The molecule has 0 nitrogen and oxygen atoms in total. The topological polar surface area (TPSA) is 0 Å². The fourth-order valence-electron chi connectivity index (χ4n) is 0.154. The SMILES string of the molecule is CCC=[PH](Cl)Cl. The van der Waals surface area contributed by atoms with E-state index in [1.165, 1.54) is 0 Å². The van der Waals surface area contributed by atoms with Gasteiger partial charge in [0.15, 0.2) is 0 Å². The van der Waals surface area contributed by atoms with E-state index in [1.807, 2.05) is 12.7 Å². The monoisotopic (exact) mass is 144 g/mol. The van der Waals surface area contributed by atoms with E-state index < -0.39 is 6.25 Å². The van der Waals surface area contributed by atoms with Gasteiger partial charge in [0.1, 0.15) is 0 Å². The molecule has 0 N–H and O–H groups in total. The Morgan fingerprint density at radius 3 is 2.17 bits per heavy atom. The first kappa shape index (κ1) is 6.88. The first-order chi connectivity index (χ1) is 2.77. The molecule has 38 valence electrons. The Balaban J connectivity index is 3.14. The molecule has 0 aliphatic carbocycles. The second-order valence-electron chi connectivity index (χ2n) is 0.902. The Bertz CT molecular complexity index is 55.8. The van der Waals surface area contributed by atoms with Crippen LogP contribution in [0.2, 0.25) is 0 Å². The molecule has 0 bridgehead atoms. The second-order valence-corrected chi connectivity index (χ2v) is 4.91. The van der Waals surface area contributed by atoms with Crippen LogP contribution in [0.4, 0.5) is 0 Å². The highest BCUT2D eigenvalue weighted by Crippen LogP contribution is 2.33. The fourth-order valence-corrected chi connectivity index (χ4v) is 1.39. The van der Waals surface area contributed by atoms with Gasteiger partial charge >= 0.3 is 0 Å². The average Bonchev–Trinajstić information content (AvgIpc) is 1.35. The summed E-state index contributed by atoms with van der Waals surface area (Å²) in [6.45, 7) is 2.02. The maximum atomic E-state index is 5.39. The van der Waals surface area contributed by atoms with Crippen LogP contribution in [-0.2, 0) is 0 Å². The van der Waals surface area contributed by atoms with Crippen molar-refractivity contribution in [3.63, 3.8) is 0 Å². The molecule has 0 unspecified atom stereocenters. The van der Waals surface area contributed by atoms with Crippen LogP contribution in [0, 0.1) is 0 Å². The molecule has 0 aliphatic rings. The van der Waals surface area contributed by atoms with Gasteiger partial charge in [0.2, 0.25) is 0 Å². The Hall–Kier alpha value is 0.880. The van der Waals surface area contributed by atoms with Gasteiger partial charge in [0.25, 0.3) is 0 Å². The number of rotatable bonds is 1. The minimum Gasteiger partial charge on any atom is -0.0843 e. The normalized spacial score (nSPS) is 9.33. The smallest absolute Gasteiger partial charge is 0.0462 e. The van der Waals surface area contributed by atoms with Gasteiger partial charge in [0.05, 0.1) is 0 Å². The molecule has 0 rings (SSSR count). The lowest BCUT2D eigenvalue weighted by Crippen LogP contribution is -1.53. The Kier molecular flexibility index (Phi) is 4.64. The van der Waals surface area contributed by atoms with Crippen molar-refractivity contribution < 1.29 is 0 Å². The molecule has 0 aromatic carbocycles. The summed E-state index contributed by atoms with van der Waals surface area (Å²) >= 11 is 10.8. The third kappa shape index (κ3) is 4.88. The quantitative estimate of drug-likeness (QED) is 0.497. The standard InChI is InChI=1S/C3H7Cl2P/c1-2-3-6(4)5/h3,6H,2H2,1H3. The molecule has 3 heteroatoms.